The zero-order valence-corrected chi connectivity index (χ0v) is 22.7. The maximum absolute atomic E-state index is 8.51. The van der Waals surface area contributed by atoms with Gasteiger partial charge >= 0.3 is 7.12 Å². The van der Waals surface area contributed by atoms with E-state index in [0.717, 1.165) is 4.90 Å². The Bertz CT molecular complexity index is 2340. The van der Waals surface area contributed by atoms with E-state index in [1.54, 1.807) is 24.3 Å². The molecule has 41 heavy (non-hydrogen) atoms. The molecule has 1 saturated heterocycles. The van der Waals surface area contributed by atoms with Crippen LogP contribution in [0.2, 0.25) is 0 Å². The Morgan fingerprint density at radius 2 is 0.902 bits per heavy atom. The number of nitrogens with one attached hydrogen (secondary N) is 1. The second kappa shape index (κ2) is 12.5. The van der Waals surface area contributed by atoms with Gasteiger partial charge in [-0.25, -0.2) is 0 Å². The first-order valence-corrected chi connectivity index (χ1v) is 12.4. The molecular formula is C36H37BN2O2. The van der Waals surface area contributed by atoms with Crippen LogP contribution in [-0.4, -0.2) is 18.3 Å². The standard InChI is InChI=1S/C24H26BNO2.C12H11N/c1-23(2)24(3,4)28-25(27-23)19-15-17-22(18-16-19)26(20-11-7-5-8-12-20)21-13-9-6-10-14-21;1-3-7-11(8-4-1)13-12-9-5-2-6-10-12/h5-18H,1-4H3;1-10,13H/i5D,6D,7D,8D,9D,10D,11D,12D,13D,14D;1D,2D,3D,4D,5D,6D,7D,8D,9D,10D. The lowest BCUT2D eigenvalue weighted by Gasteiger charge is -2.32. The average Bonchev–Trinajstić information content (AvgIpc) is 3.45. The van der Waals surface area contributed by atoms with Crippen molar-refractivity contribution in [3.8, 4) is 0 Å². The van der Waals surface area contributed by atoms with Crippen LogP contribution in [0, 0.1) is 0 Å². The molecule has 1 fully saturated rings. The van der Waals surface area contributed by atoms with Gasteiger partial charge in [0.15, 0.2) is 0 Å². The van der Waals surface area contributed by atoms with Crippen LogP contribution in [0.25, 0.3) is 0 Å². The van der Waals surface area contributed by atoms with Gasteiger partial charge in [-0.15, -0.1) is 0 Å². The van der Waals surface area contributed by atoms with E-state index in [1.807, 2.05) is 27.7 Å². The average molecular weight is 561 g/mol. The van der Waals surface area contributed by atoms with Gasteiger partial charge in [0.25, 0.3) is 0 Å². The first-order chi connectivity index (χ1) is 28.1. The molecule has 0 radical (unpaired) electrons. The summed E-state index contributed by atoms with van der Waals surface area (Å²) in [6.45, 7) is 7.67. The van der Waals surface area contributed by atoms with E-state index in [0.29, 0.717) is 5.46 Å². The van der Waals surface area contributed by atoms with Crippen molar-refractivity contribution in [2.75, 3.05) is 10.2 Å². The summed E-state index contributed by atoms with van der Waals surface area (Å²) in [5, 5.41) is 2.40. The van der Waals surface area contributed by atoms with Crippen molar-refractivity contribution in [3.63, 3.8) is 0 Å². The highest BCUT2D eigenvalue weighted by atomic mass is 16.7. The number of hydrogen-bond donors (Lipinski definition) is 1. The van der Waals surface area contributed by atoms with Crippen LogP contribution in [-0.2, 0) is 9.31 Å². The lowest BCUT2D eigenvalue weighted by Crippen LogP contribution is -2.41. The molecule has 1 N–H and O–H groups in total. The maximum atomic E-state index is 8.51. The van der Waals surface area contributed by atoms with E-state index in [9.17, 15) is 0 Å². The van der Waals surface area contributed by atoms with Gasteiger partial charge in [-0.3, -0.25) is 0 Å². The number of anilines is 5. The molecule has 1 aliphatic rings. The molecule has 5 aromatic carbocycles. The normalized spacial score (nSPS) is 21.8. The van der Waals surface area contributed by atoms with Crippen LogP contribution in [0.4, 0.5) is 28.4 Å². The predicted octanol–water partition coefficient (Wildman–Crippen LogP) is 8.89. The minimum Gasteiger partial charge on any atom is -0.399 e. The summed E-state index contributed by atoms with van der Waals surface area (Å²) in [6.07, 6.45) is 0. The van der Waals surface area contributed by atoms with Crippen LogP contribution in [0.3, 0.4) is 0 Å². The third-order valence-corrected chi connectivity index (χ3v) is 6.35. The van der Waals surface area contributed by atoms with Gasteiger partial charge in [0.05, 0.1) is 38.6 Å². The van der Waals surface area contributed by atoms with Crippen LogP contribution in [0.1, 0.15) is 55.1 Å². The van der Waals surface area contributed by atoms with Gasteiger partial charge in [-0.1, -0.05) is 84.6 Å². The van der Waals surface area contributed by atoms with Crippen LogP contribution < -0.4 is 15.7 Å². The monoisotopic (exact) mass is 560 g/mol. The molecule has 0 saturated carbocycles. The quantitative estimate of drug-likeness (QED) is 0.210. The van der Waals surface area contributed by atoms with E-state index in [1.165, 1.54) is 0 Å². The van der Waals surface area contributed by atoms with E-state index in [4.69, 9.17) is 36.7 Å². The Kier molecular flexibility index (Phi) is 3.86. The van der Waals surface area contributed by atoms with Gasteiger partial charge in [-0.2, -0.15) is 0 Å². The molecule has 0 bridgehead atoms. The summed E-state index contributed by atoms with van der Waals surface area (Å²) in [6, 6.07) is -5.29. The zero-order valence-electron chi connectivity index (χ0n) is 42.7. The third kappa shape index (κ3) is 6.89. The van der Waals surface area contributed by atoms with Crippen molar-refractivity contribution >= 4 is 41.0 Å². The van der Waals surface area contributed by atoms with Gasteiger partial charge in [0, 0.05) is 28.4 Å². The van der Waals surface area contributed by atoms with Crippen molar-refractivity contribution in [1.82, 2.24) is 0 Å². The van der Waals surface area contributed by atoms with Crippen molar-refractivity contribution in [2.24, 2.45) is 0 Å². The molecule has 0 amide bonds. The lowest BCUT2D eigenvalue weighted by molar-refractivity contribution is 0.00578. The number of para-hydroxylation sites is 4. The Balaban J connectivity index is 0.000000262. The molecule has 4 nitrogen and oxygen atoms in total. The predicted molar refractivity (Wildman–Crippen MR) is 173 cm³/mol. The molecule has 5 aromatic rings. The van der Waals surface area contributed by atoms with E-state index in [2.05, 4.69) is 5.32 Å². The lowest BCUT2D eigenvalue weighted by atomic mass is 9.79. The number of rotatable bonds is 6. The van der Waals surface area contributed by atoms with Crippen molar-refractivity contribution in [1.29, 1.82) is 0 Å². The first-order valence-electron chi connectivity index (χ1n) is 22.4. The van der Waals surface area contributed by atoms with E-state index >= 15 is 0 Å². The molecule has 0 spiro atoms. The Morgan fingerprint density at radius 3 is 1.29 bits per heavy atom. The second-order valence-electron chi connectivity index (χ2n) is 9.59. The van der Waals surface area contributed by atoms with Crippen molar-refractivity contribution < 1.29 is 36.7 Å². The number of hydrogen-bond acceptors (Lipinski definition) is 4. The molecule has 0 aromatic heterocycles. The van der Waals surface area contributed by atoms with Crippen LogP contribution in [0.15, 0.2) is 145 Å². The number of benzene rings is 5. The fourth-order valence-electron chi connectivity index (χ4n) is 3.59. The molecule has 0 atom stereocenters. The molecular weight excluding hydrogens is 503 g/mol. The first kappa shape index (κ1) is 12.7. The SMILES string of the molecule is [2H]c1c([2H])c([2H])c(N(c2ccc(B3OC(C)(C)C(C)(C)O3)cc2)c2c([2H])c([2H])c([2H])c([2H])c2[2H])c([2H])c1[2H].[2H]c1c([2H])c([2H])c(Nc2c([2H])c([2H])c([2H])c([2H])c2[2H])c([2H])c1[2H]. The fourth-order valence-corrected chi connectivity index (χ4v) is 3.59. The summed E-state index contributed by atoms with van der Waals surface area (Å²) in [7, 11) is -0.691. The fraction of sp³-hybridized carbons (Fsp3) is 0.167. The summed E-state index contributed by atoms with van der Waals surface area (Å²) in [5.41, 5.74) is -1.71. The minimum absolute atomic E-state index is 0.210. The molecule has 1 heterocycles. The highest BCUT2D eigenvalue weighted by Crippen LogP contribution is 2.37. The molecule has 0 unspecified atom stereocenters. The topological polar surface area (TPSA) is 33.7 Å². The van der Waals surface area contributed by atoms with Crippen molar-refractivity contribution in [3.05, 3.63) is 145 Å². The van der Waals surface area contributed by atoms with Gasteiger partial charge in [0.2, 0.25) is 0 Å². The van der Waals surface area contributed by atoms with Gasteiger partial charge in [0.1, 0.15) is 0 Å². The highest BCUT2D eigenvalue weighted by Gasteiger charge is 2.51. The zero-order chi connectivity index (χ0) is 46.1. The molecule has 1 aliphatic heterocycles. The van der Waals surface area contributed by atoms with Crippen LogP contribution in [0.5, 0.6) is 0 Å². The summed E-state index contributed by atoms with van der Waals surface area (Å²) in [5.74, 6) is 0. The van der Waals surface area contributed by atoms with Gasteiger partial charge < -0.3 is 19.5 Å². The third-order valence-electron chi connectivity index (χ3n) is 6.35. The van der Waals surface area contributed by atoms with Crippen LogP contribution >= 0.6 is 0 Å². The minimum atomic E-state index is -0.691. The highest BCUT2D eigenvalue weighted by molar-refractivity contribution is 6.62. The Morgan fingerprint density at radius 1 is 0.537 bits per heavy atom. The van der Waals surface area contributed by atoms with Gasteiger partial charge in [-0.05, 0) is 93.6 Å². The smallest absolute Gasteiger partial charge is 0.399 e. The van der Waals surface area contributed by atoms with Crippen molar-refractivity contribution in [2.45, 2.75) is 38.9 Å². The Hall–Kier alpha value is -4.32. The molecule has 6 rings (SSSR count). The summed E-state index contributed by atoms with van der Waals surface area (Å²) >= 11 is 0. The second-order valence-corrected chi connectivity index (χ2v) is 9.59. The largest absolute Gasteiger partial charge is 0.494 e. The summed E-state index contributed by atoms with van der Waals surface area (Å²) in [4.78, 5) is 1.11. The Labute approximate surface area is 272 Å². The molecule has 0 aliphatic carbocycles. The maximum Gasteiger partial charge on any atom is 0.494 e. The number of nitrogens with zero attached hydrogens (tertiary/aromatic N) is 1. The van der Waals surface area contributed by atoms with E-state index < -0.39 is 139 Å². The molecule has 5 heteroatoms. The molecule has 206 valence electrons. The summed E-state index contributed by atoms with van der Waals surface area (Å²) < 4.78 is 171. The van der Waals surface area contributed by atoms with E-state index in [-0.39, 0.29) is 28.4 Å².